The second kappa shape index (κ2) is 7.76. The summed E-state index contributed by atoms with van der Waals surface area (Å²) in [5.74, 6) is 4.64. The van der Waals surface area contributed by atoms with Crippen LogP contribution < -0.4 is 4.74 Å². The van der Waals surface area contributed by atoms with Gasteiger partial charge in [-0.1, -0.05) is 25.7 Å². The number of hydrogen-bond donors (Lipinski definition) is 2. The molecule has 4 aliphatic rings. The van der Waals surface area contributed by atoms with Gasteiger partial charge in [0.15, 0.2) is 0 Å². The lowest BCUT2D eigenvalue weighted by molar-refractivity contribution is 0.362. The van der Waals surface area contributed by atoms with E-state index >= 15 is 0 Å². The third-order valence-corrected chi connectivity index (χ3v) is 8.70. The van der Waals surface area contributed by atoms with Crippen LogP contribution in [0.5, 0.6) is 23.0 Å². The van der Waals surface area contributed by atoms with Crippen molar-refractivity contribution >= 4 is 0 Å². The van der Waals surface area contributed by atoms with Gasteiger partial charge in [0, 0.05) is 22.3 Å². The van der Waals surface area contributed by atoms with Gasteiger partial charge in [0.1, 0.15) is 23.0 Å². The largest absolute Gasteiger partial charge is 0.507 e. The van der Waals surface area contributed by atoms with Crippen molar-refractivity contribution in [3.63, 3.8) is 0 Å². The summed E-state index contributed by atoms with van der Waals surface area (Å²) < 4.78 is 6.50. The second-order valence-corrected chi connectivity index (χ2v) is 10.5. The molecular weight excluding hydrogens is 384 g/mol. The zero-order valence-electron chi connectivity index (χ0n) is 18.4. The summed E-state index contributed by atoms with van der Waals surface area (Å²) in [5, 5.41) is 22.0. The number of phenols is 2. The smallest absolute Gasteiger partial charge is 0.128 e. The highest BCUT2D eigenvalue weighted by Crippen LogP contribution is 2.51. The monoisotopic (exact) mass is 418 g/mol. The van der Waals surface area contributed by atoms with Crippen LogP contribution in [0.25, 0.3) is 0 Å². The Labute approximate surface area is 185 Å². The Balaban J connectivity index is 1.37. The van der Waals surface area contributed by atoms with E-state index in [1.807, 2.05) is 0 Å². The predicted octanol–water partition coefficient (Wildman–Crippen LogP) is 7.96. The summed E-state index contributed by atoms with van der Waals surface area (Å²) in [6.07, 6.45) is 14.3. The molecule has 0 atom stereocenters. The molecule has 4 fully saturated rings. The van der Waals surface area contributed by atoms with Gasteiger partial charge in [-0.05, 0) is 99.3 Å². The third kappa shape index (κ3) is 3.41. The van der Waals surface area contributed by atoms with Gasteiger partial charge in [-0.3, -0.25) is 0 Å². The first-order valence-corrected chi connectivity index (χ1v) is 12.6. The molecule has 6 rings (SSSR count). The molecule has 2 aromatic carbocycles. The molecule has 4 aliphatic carbocycles. The first-order chi connectivity index (χ1) is 15.2. The SMILES string of the molecule is Oc1c(C2CCC2)cc(Oc2cc(C3CCC3)c(O)c(C3CCC3)c2)cc1C1CCC1. The molecule has 3 heteroatoms. The van der Waals surface area contributed by atoms with E-state index in [4.69, 9.17) is 4.74 Å². The average molecular weight is 419 g/mol. The van der Waals surface area contributed by atoms with Crippen LogP contribution in [-0.2, 0) is 0 Å². The number of phenolic OH excluding ortho intramolecular Hbond substituents is 2. The van der Waals surface area contributed by atoms with E-state index in [0.29, 0.717) is 35.2 Å². The van der Waals surface area contributed by atoms with Crippen molar-refractivity contribution in [1.82, 2.24) is 0 Å². The van der Waals surface area contributed by atoms with E-state index in [1.165, 1.54) is 25.7 Å². The first kappa shape index (κ1) is 19.5. The van der Waals surface area contributed by atoms with Crippen molar-refractivity contribution in [3.8, 4) is 23.0 Å². The van der Waals surface area contributed by atoms with E-state index in [1.54, 1.807) is 0 Å². The van der Waals surface area contributed by atoms with Crippen molar-refractivity contribution in [2.45, 2.75) is 101 Å². The zero-order valence-corrected chi connectivity index (χ0v) is 18.4. The number of benzene rings is 2. The van der Waals surface area contributed by atoms with Crippen molar-refractivity contribution < 1.29 is 14.9 Å². The fourth-order valence-electron chi connectivity index (χ4n) is 5.68. The molecule has 0 unspecified atom stereocenters. The summed E-state index contributed by atoms with van der Waals surface area (Å²) >= 11 is 0. The van der Waals surface area contributed by atoms with Crippen LogP contribution >= 0.6 is 0 Å². The normalized spacial score (nSPS) is 22.3. The van der Waals surface area contributed by atoms with Gasteiger partial charge >= 0.3 is 0 Å². The molecule has 0 spiro atoms. The second-order valence-electron chi connectivity index (χ2n) is 10.5. The molecule has 0 saturated heterocycles. The fraction of sp³-hybridized carbons (Fsp3) is 0.571. The molecule has 2 aromatic rings. The molecule has 0 amide bonds. The van der Waals surface area contributed by atoms with Gasteiger partial charge in [-0.15, -0.1) is 0 Å². The summed E-state index contributed by atoms with van der Waals surface area (Å²) in [7, 11) is 0. The van der Waals surface area contributed by atoms with Gasteiger partial charge in [0.25, 0.3) is 0 Å². The van der Waals surface area contributed by atoms with Crippen LogP contribution in [0.15, 0.2) is 24.3 Å². The molecule has 2 N–H and O–H groups in total. The predicted molar refractivity (Wildman–Crippen MR) is 123 cm³/mol. The molecule has 164 valence electrons. The summed E-state index contributed by atoms with van der Waals surface area (Å²) in [6.45, 7) is 0. The van der Waals surface area contributed by atoms with E-state index in [-0.39, 0.29) is 0 Å². The van der Waals surface area contributed by atoms with Crippen molar-refractivity contribution in [1.29, 1.82) is 0 Å². The van der Waals surface area contributed by atoms with Gasteiger partial charge in [0.05, 0.1) is 0 Å². The fourth-order valence-corrected chi connectivity index (χ4v) is 5.68. The number of rotatable bonds is 6. The van der Waals surface area contributed by atoms with Crippen molar-refractivity contribution in [2.24, 2.45) is 0 Å². The van der Waals surface area contributed by atoms with Crippen LogP contribution in [-0.4, -0.2) is 10.2 Å². The summed E-state index contributed by atoms with van der Waals surface area (Å²) in [6, 6.07) is 8.33. The van der Waals surface area contributed by atoms with Gasteiger partial charge in [0.2, 0.25) is 0 Å². The molecule has 0 aliphatic heterocycles. The standard InChI is InChI=1S/C28H34O3/c29-27-23(17-5-1-6-17)13-21(14-24(27)18-7-2-8-18)31-22-15-25(19-9-3-10-19)28(30)26(16-22)20-11-4-12-20/h13-20,29-30H,1-12H2. The van der Waals surface area contributed by atoms with Crippen LogP contribution in [0.2, 0.25) is 0 Å². The Morgan fingerprint density at radius 3 is 0.935 bits per heavy atom. The average Bonchev–Trinajstić information content (AvgIpc) is 2.56. The Morgan fingerprint density at radius 2 is 0.742 bits per heavy atom. The maximum atomic E-state index is 11.0. The van der Waals surface area contributed by atoms with Crippen LogP contribution in [0.4, 0.5) is 0 Å². The number of ether oxygens (including phenoxy) is 1. The van der Waals surface area contributed by atoms with Gasteiger partial charge in [-0.25, -0.2) is 0 Å². The van der Waals surface area contributed by atoms with Crippen LogP contribution in [0, 0.1) is 0 Å². The molecule has 0 radical (unpaired) electrons. The third-order valence-electron chi connectivity index (χ3n) is 8.70. The first-order valence-electron chi connectivity index (χ1n) is 12.6. The maximum absolute atomic E-state index is 11.0. The lowest BCUT2D eigenvalue weighted by Crippen LogP contribution is -2.14. The van der Waals surface area contributed by atoms with E-state index in [0.717, 1.165) is 85.1 Å². The minimum Gasteiger partial charge on any atom is -0.507 e. The van der Waals surface area contributed by atoms with Crippen molar-refractivity contribution in [2.75, 3.05) is 0 Å². The highest BCUT2D eigenvalue weighted by atomic mass is 16.5. The van der Waals surface area contributed by atoms with Crippen molar-refractivity contribution in [3.05, 3.63) is 46.5 Å². The summed E-state index contributed by atoms with van der Waals surface area (Å²) in [5.41, 5.74) is 4.34. The van der Waals surface area contributed by atoms with Gasteiger partial charge < -0.3 is 14.9 Å². The Morgan fingerprint density at radius 1 is 0.484 bits per heavy atom. The lowest BCUT2D eigenvalue weighted by atomic mass is 9.74. The molecule has 3 nitrogen and oxygen atoms in total. The van der Waals surface area contributed by atoms with Gasteiger partial charge in [-0.2, -0.15) is 0 Å². The van der Waals surface area contributed by atoms with E-state index < -0.39 is 0 Å². The minimum atomic E-state index is 0.471. The van der Waals surface area contributed by atoms with Crippen LogP contribution in [0.3, 0.4) is 0 Å². The quantitative estimate of drug-likeness (QED) is 0.500. The van der Waals surface area contributed by atoms with Crippen LogP contribution in [0.1, 0.15) is 123 Å². The highest BCUT2D eigenvalue weighted by Gasteiger charge is 2.31. The molecular formula is C28H34O3. The molecule has 4 saturated carbocycles. The zero-order chi connectivity index (χ0) is 20.9. The Bertz CT molecular complexity index is 828. The molecule has 0 aromatic heterocycles. The molecule has 31 heavy (non-hydrogen) atoms. The maximum Gasteiger partial charge on any atom is 0.128 e. The Hall–Kier alpha value is -2.16. The van der Waals surface area contributed by atoms with E-state index in [2.05, 4.69) is 24.3 Å². The summed E-state index contributed by atoms with van der Waals surface area (Å²) in [4.78, 5) is 0. The minimum absolute atomic E-state index is 0.471. The topological polar surface area (TPSA) is 49.7 Å². The van der Waals surface area contributed by atoms with E-state index in [9.17, 15) is 10.2 Å². The highest BCUT2D eigenvalue weighted by molar-refractivity contribution is 5.54. The molecule has 0 bridgehead atoms. The number of hydrogen-bond acceptors (Lipinski definition) is 3. The molecule has 0 heterocycles. The lowest BCUT2D eigenvalue weighted by Gasteiger charge is -2.32. The Kier molecular flexibility index (Phi) is 4.89. The number of aromatic hydroxyl groups is 2.